The van der Waals surface area contributed by atoms with E-state index < -0.39 is 6.03 Å². The number of amides is 2. The maximum absolute atomic E-state index is 12.1. The fourth-order valence-corrected chi connectivity index (χ4v) is 3.78. The minimum Gasteiger partial charge on any atom is -0.308 e. The highest BCUT2D eigenvalue weighted by Gasteiger charge is 2.25. The number of rotatable bonds is 2. The van der Waals surface area contributed by atoms with Crippen molar-refractivity contribution in [1.29, 1.82) is 5.26 Å². The monoisotopic (exact) mass is 325 g/mol. The second-order valence-corrected chi connectivity index (χ2v) is 6.59. The van der Waals surface area contributed by atoms with Gasteiger partial charge >= 0.3 is 6.03 Å². The number of nitriles is 1. The van der Waals surface area contributed by atoms with Crippen LogP contribution in [0.2, 0.25) is 0 Å². The Morgan fingerprint density at radius 3 is 2.65 bits per heavy atom. The Labute approximate surface area is 137 Å². The lowest BCUT2D eigenvalue weighted by molar-refractivity contribution is -0.118. The molecule has 1 aromatic heterocycles. The molecule has 1 heterocycles. The average Bonchev–Trinajstić information content (AvgIpc) is 2.85. The van der Waals surface area contributed by atoms with E-state index in [-0.39, 0.29) is 5.78 Å². The smallest absolute Gasteiger partial charge is 0.308 e. The van der Waals surface area contributed by atoms with Gasteiger partial charge in [-0.3, -0.25) is 10.1 Å². The summed E-state index contributed by atoms with van der Waals surface area (Å²) >= 11 is 1.32. The van der Waals surface area contributed by atoms with E-state index in [4.69, 9.17) is 0 Å². The number of carbonyl (C=O) groups is 2. The maximum atomic E-state index is 12.1. The van der Waals surface area contributed by atoms with Crippen LogP contribution in [0.1, 0.15) is 28.0 Å². The fraction of sp³-hybridized carbons (Fsp3) is 0.235. The molecule has 2 aromatic rings. The summed E-state index contributed by atoms with van der Waals surface area (Å²) in [6, 6.07) is 9.21. The minimum atomic E-state index is -0.393. The van der Waals surface area contributed by atoms with Gasteiger partial charge in [0.2, 0.25) is 0 Å². The van der Waals surface area contributed by atoms with E-state index in [0.717, 1.165) is 16.0 Å². The number of hydrogen-bond acceptors (Lipinski definition) is 4. The molecule has 6 heteroatoms. The first-order chi connectivity index (χ1) is 11.1. The molecule has 3 rings (SSSR count). The first kappa shape index (κ1) is 15.3. The first-order valence-electron chi connectivity index (χ1n) is 7.28. The second kappa shape index (κ2) is 6.23. The molecule has 116 valence electrons. The summed E-state index contributed by atoms with van der Waals surface area (Å²) in [7, 11) is 0. The van der Waals surface area contributed by atoms with Gasteiger partial charge in [-0.25, -0.2) is 4.79 Å². The van der Waals surface area contributed by atoms with Crippen LogP contribution in [0.5, 0.6) is 0 Å². The highest BCUT2D eigenvalue weighted by molar-refractivity contribution is 7.16. The number of aryl methyl sites for hydroxylation is 1. The van der Waals surface area contributed by atoms with Gasteiger partial charge in [0.25, 0.3) is 0 Å². The molecule has 2 N–H and O–H groups in total. The molecule has 2 amide bonds. The van der Waals surface area contributed by atoms with Gasteiger partial charge in [0.05, 0.1) is 5.56 Å². The number of Topliss-reactive ketones (excluding diaryl/α,β-unsaturated/α-hetero) is 1. The number of nitrogens with one attached hydrogen (secondary N) is 2. The predicted octanol–water partition coefficient (Wildman–Crippen LogP) is 3.63. The van der Waals surface area contributed by atoms with Gasteiger partial charge in [-0.15, -0.1) is 11.3 Å². The van der Waals surface area contributed by atoms with E-state index in [9.17, 15) is 14.9 Å². The van der Waals surface area contributed by atoms with Crippen LogP contribution in [0.4, 0.5) is 15.5 Å². The highest BCUT2D eigenvalue weighted by atomic mass is 32.1. The number of carbonyl (C=O) groups excluding carboxylic acids is 2. The van der Waals surface area contributed by atoms with Crippen molar-refractivity contribution in [1.82, 2.24) is 0 Å². The lowest BCUT2D eigenvalue weighted by Crippen LogP contribution is -2.19. The second-order valence-electron chi connectivity index (χ2n) is 5.48. The fourth-order valence-electron chi connectivity index (χ4n) is 2.56. The van der Waals surface area contributed by atoms with E-state index in [1.165, 1.54) is 11.3 Å². The summed E-state index contributed by atoms with van der Waals surface area (Å²) in [6.45, 7) is 1.97. The van der Waals surface area contributed by atoms with Crippen molar-refractivity contribution >= 4 is 33.8 Å². The molecule has 0 bridgehead atoms. The average molecular weight is 325 g/mol. The Balaban J connectivity index is 1.77. The lowest BCUT2D eigenvalue weighted by atomic mass is 9.95. The SMILES string of the molecule is Cc1ccc(NC(=O)Nc2sc3c(c2C#N)CCC(=O)C3)cc1. The van der Waals surface area contributed by atoms with E-state index in [1.807, 2.05) is 31.2 Å². The largest absolute Gasteiger partial charge is 0.324 e. The highest BCUT2D eigenvalue weighted by Crippen LogP contribution is 2.36. The lowest BCUT2D eigenvalue weighted by Gasteiger charge is -2.09. The molecular weight excluding hydrogens is 310 g/mol. The Bertz CT molecular complexity index is 816. The summed E-state index contributed by atoms with van der Waals surface area (Å²) < 4.78 is 0. The van der Waals surface area contributed by atoms with Crippen LogP contribution in [0, 0.1) is 18.3 Å². The predicted molar refractivity (Wildman–Crippen MR) is 89.9 cm³/mol. The van der Waals surface area contributed by atoms with Gasteiger partial charge in [0.1, 0.15) is 16.9 Å². The molecule has 0 saturated carbocycles. The van der Waals surface area contributed by atoms with Crippen molar-refractivity contribution in [2.24, 2.45) is 0 Å². The van der Waals surface area contributed by atoms with Gasteiger partial charge in [-0.1, -0.05) is 17.7 Å². The summed E-state index contributed by atoms with van der Waals surface area (Å²) in [6.07, 6.45) is 1.40. The number of hydrogen-bond donors (Lipinski definition) is 2. The maximum Gasteiger partial charge on any atom is 0.324 e. The summed E-state index contributed by atoms with van der Waals surface area (Å²) in [4.78, 5) is 24.6. The molecule has 5 nitrogen and oxygen atoms in total. The topological polar surface area (TPSA) is 82.0 Å². The molecule has 23 heavy (non-hydrogen) atoms. The van der Waals surface area contributed by atoms with Gasteiger partial charge in [-0.2, -0.15) is 5.26 Å². The van der Waals surface area contributed by atoms with E-state index >= 15 is 0 Å². The third-order valence-corrected chi connectivity index (χ3v) is 4.90. The Hall–Kier alpha value is -2.65. The Morgan fingerprint density at radius 1 is 1.22 bits per heavy atom. The zero-order valence-corrected chi connectivity index (χ0v) is 13.4. The molecule has 0 unspecified atom stereocenters. The summed E-state index contributed by atoms with van der Waals surface area (Å²) in [5, 5.41) is 15.3. The van der Waals surface area contributed by atoms with Gasteiger partial charge < -0.3 is 5.32 Å². The third-order valence-electron chi connectivity index (χ3n) is 3.75. The molecule has 0 fully saturated rings. The quantitative estimate of drug-likeness (QED) is 0.884. The van der Waals surface area contributed by atoms with Crippen LogP contribution in [0.3, 0.4) is 0 Å². The van der Waals surface area contributed by atoms with Crippen LogP contribution in [-0.2, 0) is 17.6 Å². The molecule has 0 saturated heterocycles. The van der Waals surface area contributed by atoms with E-state index in [1.54, 1.807) is 0 Å². The molecule has 1 aromatic carbocycles. The van der Waals surface area contributed by atoms with Gasteiger partial charge in [0.15, 0.2) is 0 Å². The third kappa shape index (κ3) is 3.25. The van der Waals surface area contributed by atoms with Crippen molar-refractivity contribution in [2.45, 2.75) is 26.2 Å². The first-order valence-corrected chi connectivity index (χ1v) is 8.09. The van der Waals surface area contributed by atoms with Crippen molar-refractivity contribution < 1.29 is 9.59 Å². The van der Waals surface area contributed by atoms with Crippen molar-refractivity contribution in [3.8, 4) is 6.07 Å². The van der Waals surface area contributed by atoms with Crippen LogP contribution in [-0.4, -0.2) is 11.8 Å². The van der Waals surface area contributed by atoms with Crippen molar-refractivity contribution in [3.05, 3.63) is 45.8 Å². The van der Waals surface area contributed by atoms with Crippen LogP contribution in [0.25, 0.3) is 0 Å². The van der Waals surface area contributed by atoms with Crippen LogP contribution < -0.4 is 10.6 Å². The number of nitrogens with zero attached hydrogens (tertiary/aromatic N) is 1. The zero-order chi connectivity index (χ0) is 16.4. The molecule has 0 radical (unpaired) electrons. The van der Waals surface area contributed by atoms with E-state index in [2.05, 4.69) is 16.7 Å². The summed E-state index contributed by atoms with van der Waals surface area (Å²) in [5.41, 5.74) is 3.18. The Morgan fingerprint density at radius 2 is 1.96 bits per heavy atom. The normalized spacial score (nSPS) is 13.1. The number of anilines is 2. The number of thiophene rings is 1. The summed E-state index contributed by atoms with van der Waals surface area (Å²) in [5.74, 6) is 0.180. The Kier molecular flexibility index (Phi) is 4.13. The number of urea groups is 1. The number of ketones is 1. The van der Waals surface area contributed by atoms with Crippen molar-refractivity contribution in [3.63, 3.8) is 0 Å². The molecule has 1 aliphatic carbocycles. The van der Waals surface area contributed by atoms with Crippen LogP contribution >= 0.6 is 11.3 Å². The van der Waals surface area contributed by atoms with Gasteiger partial charge in [0, 0.05) is 23.4 Å². The number of fused-ring (bicyclic) bond motifs is 1. The van der Waals surface area contributed by atoms with Crippen molar-refractivity contribution in [2.75, 3.05) is 10.6 Å². The molecule has 0 atom stereocenters. The molecule has 1 aliphatic rings. The van der Waals surface area contributed by atoms with E-state index in [0.29, 0.717) is 35.5 Å². The number of benzene rings is 1. The van der Waals surface area contributed by atoms with Crippen LogP contribution in [0.15, 0.2) is 24.3 Å². The molecular formula is C17H15N3O2S. The minimum absolute atomic E-state index is 0.180. The molecule has 0 aliphatic heterocycles. The van der Waals surface area contributed by atoms with Gasteiger partial charge in [-0.05, 0) is 31.0 Å². The molecule has 0 spiro atoms. The zero-order valence-electron chi connectivity index (χ0n) is 12.6. The standard InChI is InChI=1S/C17H15N3O2S/c1-10-2-4-11(5-3-10)19-17(22)20-16-14(9-18)13-7-6-12(21)8-15(13)23-16/h2-5H,6-8H2,1H3,(H2,19,20,22).